The third kappa shape index (κ3) is 18.1. The Labute approximate surface area is 145 Å². The lowest BCUT2D eigenvalue weighted by Gasteiger charge is -2.04. The van der Waals surface area contributed by atoms with E-state index in [1.54, 1.807) is 0 Å². The highest BCUT2D eigenvalue weighted by Crippen LogP contribution is 2.13. The van der Waals surface area contributed by atoms with Crippen molar-refractivity contribution in [1.82, 2.24) is 0 Å². The van der Waals surface area contributed by atoms with Crippen LogP contribution in [0.1, 0.15) is 110 Å². The van der Waals surface area contributed by atoms with E-state index in [0.717, 1.165) is 19.3 Å². The molecule has 0 saturated heterocycles. The molecule has 0 aromatic heterocycles. The summed E-state index contributed by atoms with van der Waals surface area (Å²) in [4.78, 5) is 0. The van der Waals surface area contributed by atoms with Crippen molar-refractivity contribution in [2.24, 2.45) is 0 Å². The molecule has 0 unspecified atom stereocenters. The molecule has 0 rings (SSSR count). The molecule has 0 aliphatic rings. The molecule has 140 valence electrons. The molecule has 0 N–H and O–H groups in total. The minimum Gasteiger partial charge on any atom is -0.273 e. The Balaban J connectivity index is 3.08. The van der Waals surface area contributed by atoms with Crippen molar-refractivity contribution in [3.63, 3.8) is 0 Å². The predicted molar refractivity (Wildman–Crippen MR) is 100 cm³/mol. The summed E-state index contributed by atoms with van der Waals surface area (Å²) >= 11 is 0. The molecule has 23 heavy (non-hydrogen) atoms. The maximum absolute atomic E-state index is 11.1. The molecule has 0 aromatic rings. The van der Waals surface area contributed by atoms with Crippen molar-refractivity contribution in [3.05, 3.63) is 0 Å². The zero-order chi connectivity index (χ0) is 17.2. The Morgan fingerprint density at radius 3 is 1.17 bits per heavy atom. The van der Waals surface area contributed by atoms with Gasteiger partial charge in [-0.05, 0) is 6.42 Å². The first-order valence-corrected chi connectivity index (χ1v) is 11.5. The molecule has 0 fully saturated rings. The maximum Gasteiger partial charge on any atom is 0.267 e. The minimum absolute atomic E-state index is 0.169. The zero-order valence-corrected chi connectivity index (χ0v) is 16.5. The lowest BCUT2D eigenvalue weighted by molar-refractivity contribution is 0.396. The Hall–Kier alpha value is -0.0900. The zero-order valence-electron chi connectivity index (χ0n) is 15.7. The van der Waals surface area contributed by atoms with E-state index in [0.29, 0.717) is 0 Å². The van der Waals surface area contributed by atoms with Crippen LogP contribution in [-0.2, 0) is 14.3 Å². The SMILES string of the molecule is CCCCCCCCCCCCCCCCCCS(=O)(=O)OC. The van der Waals surface area contributed by atoms with Crippen LogP contribution < -0.4 is 0 Å². The number of hydrogen-bond acceptors (Lipinski definition) is 3. The fourth-order valence-electron chi connectivity index (χ4n) is 2.91. The molecule has 4 heteroatoms. The van der Waals surface area contributed by atoms with Gasteiger partial charge >= 0.3 is 0 Å². The van der Waals surface area contributed by atoms with Crippen LogP contribution >= 0.6 is 0 Å². The summed E-state index contributed by atoms with van der Waals surface area (Å²) in [6.07, 6.45) is 20.8. The van der Waals surface area contributed by atoms with Crippen LogP contribution in [0.4, 0.5) is 0 Å². The normalized spacial score (nSPS) is 11.9. The molecule has 0 atom stereocenters. The molecule has 0 spiro atoms. The molecule has 0 bridgehead atoms. The van der Waals surface area contributed by atoms with Gasteiger partial charge in [-0.3, -0.25) is 4.18 Å². The average Bonchev–Trinajstić information content (AvgIpc) is 2.54. The molecule has 0 radical (unpaired) electrons. The number of hydrogen-bond donors (Lipinski definition) is 0. The summed E-state index contributed by atoms with van der Waals surface area (Å²) in [5, 5.41) is 0. The van der Waals surface area contributed by atoms with E-state index in [1.165, 1.54) is 90.6 Å². The van der Waals surface area contributed by atoms with Crippen LogP contribution in [0.2, 0.25) is 0 Å². The first-order valence-electron chi connectivity index (χ1n) is 9.90. The van der Waals surface area contributed by atoms with Gasteiger partial charge in [-0.15, -0.1) is 0 Å². The van der Waals surface area contributed by atoms with Crippen molar-refractivity contribution in [2.75, 3.05) is 12.9 Å². The van der Waals surface area contributed by atoms with E-state index in [2.05, 4.69) is 11.1 Å². The van der Waals surface area contributed by atoms with Gasteiger partial charge in [-0.1, -0.05) is 103 Å². The highest BCUT2D eigenvalue weighted by atomic mass is 32.2. The topological polar surface area (TPSA) is 43.4 Å². The van der Waals surface area contributed by atoms with E-state index >= 15 is 0 Å². The molecular weight excluding hydrogens is 308 g/mol. The third-order valence-electron chi connectivity index (χ3n) is 4.50. The van der Waals surface area contributed by atoms with E-state index in [9.17, 15) is 8.42 Å². The minimum atomic E-state index is -3.24. The highest BCUT2D eigenvalue weighted by molar-refractivity contribution is 7.86. The van der Waals surface area contributed by atoms with Gasteiger partial charge < -0.3 is 0 Å². The molecule has 0 saturated carbocycles. The van der Waals surface area contributed by atoms with Crippen molar-refractivity contribution in [1.29, 1.82) is 0 Å². The second-order valence-electron chi connectivity index (χ2n) is 6.73. The molecule has 0 amide bonds. The van der Waals surface area contributed by atoms with E-state index in [1.807, 2.05) is 0 Å². The van der Waals surface area contributed by atoms with E-state index < -0.39 is 10.1 Å². The number of rotatable bonds is 18. The first-order chi connectivity index (χ1) is 11.1. The molecule has 0 aromatic carbocycles. The van der Waals surface area contributed by atoms with Gasteiger partial charge in [-0.25, -0.2) is 0 Å². The fraction of sp³-hybridized carbons (Fsp3) is 1.00. The monoisotopic (exact) mass is 348 g/mol. The second-order valence-corrected chi connectivity index (χ2v) is 8.59. The summed E-state index contributed by atoms with van der Waals surface area (Å²) in [5.41, 5.74) is 0. The van der Waals surface area contributed by atoms with Gasteiger partial charge in [-0.2, -0.15) is 8.42 Å². The van der Waals surface area contributed by atoms with E-state index in [-0.39, 0.29) is 5.75 Å². The van der Waals surface area contributed by atoms with Crippen LogP contribution in [0.3, 0.4) is 0 Å². The highest BCUT2D eigenvalue weighted by Gasteiger charge is 2.06. The van der Waals surface area contributed by atoms with Crippen LogP contribution in [0.15, 0.2) is 0 Å². The van der Waals surface area contributed by atoms with Crippen LogP contribution in [0.5, 0.6) is 0 Å². The quantitative estimate of drug-likeness (QED) is 0.218. The Bertz CT molecular complexity index is 326. The molecular formula is C19H40O3S. The molecule has 0 aliphatic heterocycles. The lowest BCUT2D eigenvalue weighted by atomic mass is 10.0. The van der Waals surface area contributed by atoms with Gasteiger partial charge in [0.05, 0.1) is 12.9 Å². The van der Waals surface area contributed by atoms with Gasteiger partial charge in [0.1, 0.15) is 0 Å². The Kier molecular flexibility index (Phi) is 16.7. The van der Waals surface area contributed by atoms with Crippen molar-refractivity contribution >= 4 is 10.1 Å². The van der Waals surface area contributed by atoms with Crippen molar-refractivity contribution < 1.29 is 12.6 Å². The predicted octanol–water partition coefficient (Wildman–Crippen LogP) is 6.22. The smallest absolute Gasteiger partial charge is 0.267 e. The second kappa shape index (κ2) is 16.8. The summed E-state index contributed by atoms with van der Waals surface area (Å²) in [5.74, 6) is 0.169. The lowest BCUT2D eigenvalue weighted by Crippen LogP contribution is -2.07. The third-order valence-corrected chi connectivity index (χ3v) is 5.80. The largest absolute Gasteiger partial charge is 0.273 e. The fourth-order valence-corrected chi connectivity index (χ4v) is 3.63. The summed E-state index contributed by atoms with van der Waals surface area (Å²) in [6.45, 7) is 2.27. The van der Waals surface area contributed by atoms with Gasteiger partial charge in [0, 0.05) is 0 Å². The standard InChI is InChI=1S/C19H40O3S/c1-3-4-5-6-7-8-9-10-11-12-13-14-15-16-17-18-19-23(20,21)22-2/h3-19H2,1-2H3. The Morgan fingerprint density at radius 1 is 0.565 bits per heavy atom. The van der Waals surface area contributed by atoms with Crippen molar-refractivity contribution in [3.8, 4) is 0 Å². The molecule has 0 heterocycles. The molecule has 3 nitrogen and oxygen atoms in total. The van der Waals surface area contributed by atoms with Gasteiger partial charge in [0.25, 0.3) is 10.1 Å². The molecule has 0 aliphatic carbocycles. The number of unbranched alkanes of at least 4 members (excludes halogenated alkanes) is 15. The van der Waals surface area contributed by atoms with E-state index in [4.69, 9.17) is 0 Å². The maximum atomic E-state index is 11.1. The van der Waals surface area contributed by atoms with Crippen LogP contribution in [0.25, 0.3) is 0 Å². The van der Waals surface area contributed by atoms with Crippen LogP contribution in [0, 0.1) is 0 Å². The van der Waals surface area contributed by atoms with Crippen LogP contribution in [-0.4, -0.2) is 21.3 Å². The summed E-state index contributed by atoms with van der Waals surface area (Å²) in [7, 11) is -2.00. The summed E-state index contributed by atoms with van der Waals surface area (Å²) < 4.78 is 26.7. The average molecular weight is 349 g/mol. The first kappa shape index (κ1) is 22.9. The van der Waals surface area contributed by atoms with Gasteiger partial charge in [0.15, 0.2) is 0 Å². The van der Waals surface area contributed by atoms with Crippen molar-refractivity contribution in [2.45, 2.75) is 110 Å². The van der Waals surface area contributed by atoms with Gasteiger partial charge in [0.2, 0.25) is 0 Å². The Morgan fingerprint density at radius 2 is 0.870 bits per heavy atom. The summed E-state index contributed by atoms with van der Waals surface area (Å²) in [6, 6.07) is 0.